The van der Waals surface area contributed by atoms with Gasteiger partial charge in [-0.2, -0.15) is 0 Å². The summed E-state index contributed by atoms with van der Waals surface area (Å²) in [7, 11) is 3.98. The van der Waals surface area contributed by atoms with Gasteiger partial charge in [0.1, 0.15) is 0 Å². The van der Waals surface area contributed by atoms with Crippen LogP contribution in [-0.2, 0) is 9.59 Å². The number of carbonyl (C=O) groups excluding carboxylic acids is 2. The summed E-state index contributed by atoms with van der Waals surface area (Å²) in [6.07, 6.45) is 3.01. The molecule has 1 saturated carbocycles. The summed E-state index contributed by atoms with van der Waals surface area (Å²) in [5.74, 6) is 0.113. The Balaban J connectivity index is 1.46. The maximum absolute atomic E-state index is 12.6. The van der Waals surface area contributed by atoms with Gasteiger partial charge >= 0.3 is 0 Å². The quantitative estimate of drug-likeness (QED) is 0.766. The number of hydrogen-bond acceptors (Lipinski definition) is 3. The Morgan fingerprint density at radius 3 is 1.97 bits per heavy atom. The van der Waals surface area contributed by atoms with Crippen LogP contribution in [0.15, 0.2) is 54.6 Å². The molecule has 1 unspecified atom stereocenters. The lowest BCUT2D eigenvalue weighted by Gasteiger charge is -2.28. The van der Waals surface area contributed by atoms with E-state index in [2.05, 4.69) is 10.6 Å². The Kier molecular flexibility index (Phi) is 6.91. The van der Waals surface area contributed by atoms with Gasteiger partial charge in [0, 0.05) is 37.3 Å². The summed E-state index contributed by atoms with van der Waals surface area (Å²) in [6, 6.07) is 17.8. The highest BCUT2D eigenvalue weighted by Gasteiger charge is 2.30. The number of carbonyl (C=O) groups is 2. The lowest BCUT2D eigenvalue weighted by Crippen LogP contribution is -2.36. The van der Waals surface area contributed by atoms with Crippen molar-refractivity contribution >= 4 is 23.2 Å². The molecule has 0 spiro atoms. The fourth-order valence-corrected chi connectivity index (χ4v) is 3.86. The molecule has 0 aliphatic heterocycles. The zero-order valence-corrected chi connectivity index (χ0v) is 17.5. The molecule has 154 valence electrons. The van der Waals surface area contributed by atoms with Gasteiger partial charge in [-0.25, -0.2) is 0 Å². The van der Waals surface area contributed by atoms with Crippen LogP contribution in [0.3, 0.4) is 0 Å². The second-order valence-corrected chi connectivity index (χ2v) is 8.12. The van der Waals surface area contributed by atoms with Crippen LogP contribution in [0.5, 0.6) is 0 Å². The van der Waals surface area contributed by atoms with E-state index < -0.39 is 0 Å². The summed E-state index contributed by atoms with van der Waals surface area (Å²) < 4.78 is 0. The number of benzene rings is 2. The Morgan fingerprint density at radius 2 is 1.41 bits per heavy atom. The van der Waals surface area contributed by atoms with Gasteiger partial charge in [0.2, 0.25) is 11.8 Å². The van der Waals surface area contributed by atoms with Crippen LogP contribution < -0.4 is 15.5 Å². The molecule has 2 aromatic carbocycles. The minimum Gasteiger partial charge on any atom is -0.378 e. The molecule has 5 nitrogen and oxygen atoms in total. The molecule has 0 radical (unpaired) electrons. The maximum atomic E-state index is 12.6. The first kappa shape index (κ1) is 20.9. The largest absolute Gasteiger partial charge is 0.378 e. The second kappa shape index (κ2) is 9.59. The topological polar surface area (TPSA) is 61.4 Å². The molecule has 0 saturated heterocycles. The van der Waals surface area contributed by atoms with Gasteiger partial charge in [-0.1, -0.05) is 30.3 Å². The standard InChI is InChI=1S/C24H31N3O2/c1-17(18-7-5-4-6-8-18)25-23(28)19-9-11-20(12-10-19)24(29)26-21-13-15-22(16-14-21)27(2)3/h4-8,13-17,19-20H,9-12H2,1-3H3,(H,25,28)(H,26,29). The van der Waals surface area contributed by atoms with Crippen LogP contribution in [0, 0.1) is 11.8 Å². The minimum atomic E-state index is -0.0286. The molecule has 3 rings (SSSR count). The highest BCUT2D eigenvalue weighted by atomic mass is 16.2. The van der Waals surface area contributed by atoms with Crippen LogP contribution in [0.4, 0.5) is 11.4 Å². The van der Waals surface area contributed by atoms with Crippen molar-refractivity contribution in [3.05, 3.63) is 60.2 Å². The summed E-state index contributed by atoms with van der Waals surface area (Å²) in [5, 5.41) is 6.14. The Morgan fingerprint density at radius 1 is 0.862 bits per heavy atom. The zero-order chi connectivity index (χ0) is 20.8. The van der Waals surface area contributed by atoms with Crippen molar-refractivity contribution < 1.29 is 9.59 Å². The van der Waals surface area contributed by atoms with Crippen molar-refractivity contribution in [3.8, 4) is 0 Å². The molecule has 1 aliphatic rings. The summed E-state index contributed by atoms with van der Waals surface area (Å²) in [6.45, 7) is 2.01. The predicted octanol–water partition coefficient (Wildman–Crippen LogP) is 4.37. The van der Waals surface area contributed by atoms with Crippen molar-refractivity contribution in [2.45, 2.75) is 38.6 Å². The third-order valence-electron chi connectivity index (χ3n) is 5.78. The first-order chi connectivity index (χ1) is 13.9. The molecule has 2 aromatic rings. The molecule has 1 atom stereocenters. The first-order valence-electron chi connectivity index (χ1n) is 10.4. The van der Waals surface area contributed by atoms with Crippen LogP contribution in [0.25, 0.3) is 0 Å². The number of amides is 2. The molecule has 5 heteroatoms. The van der Waals surface area contributed by atoms with E-state index in [0.717, 1.165) is 42.6 Å². The Labute approximate surface area is 173 Å². The van der Waals surface area contributed by atoms with Crippen molar-refractivity contribution in [1.82, 2.24) is 5.32 Å². The Hall–Kier alpha value is -2.82. The van der Waals surface area contributed by atoms with Crippen molar-refractivity contribution in [1.29, 1.82) is 0 Å². The molecule has 0 aromatic heterocycles. The first-order valence-corrected chi connectivity index (χ1v) is 10.4. The van der Waals surface area contributed by atoms with Crippen LogP contribution in [0.2, 0.25) is 0 Å². The van der Waals surface area contributed by atoms with Crippen molar-refractivity contribution in [3.63, 3.8) is 0 Å². The van der Waals surface area contributed by atoms with Gasteiger partial charge in [0.25, 0.3) is 0 Å². The summed E-state index contributed by atoms with van der Waals surface area (Å²) >= 11 is 0. The second-order valence-electron chi connectivity index (χ2n) is 8.12. The number of nitrogens with one attached hydrogen (secondary N) is 2. The highest BCUT2D eigenvalue weighted by Crippen LogP contribution is 2.30. The van der Waals surface area contributed by atoms with Crippen molar-refractivity contribution in [2.75, 3.05) is 24.3 Å². The molecule has 2 N–H and O–H groups in total. The average Bonchev–Trinajstić information content (AvgIpc) is 2.74. The van der Waals surface area contributed by atoms with Gasteiger partial charge in [-0.3, -0.25) is 9.59 Å². The number of nitrogens with zero attached hydrogens (tertiary/aromatic N) is 1. The molecule has 29 heavy (non-hydrogen) atoms. The fourth-order valence-electron chi connectivity index (χ4n) is 3.86. The third kappa shape index (κ3) is 5.59. The number of rotatable bonds is 6. The predicted molar refractivity (Wildman–Crippen MR) is 118 cm³/mol. The van der Waals surface area contributed by atoms with Crippen LogP contribution in [0.1, 0.15) is 44.2 Å². The summed E-state index contributed by atoms with van der Waals surface area (Å²) in [4.78, 5) is 27.2. The Bertz CT molecular complexity index is 810. The van der Waals surface area contributed by atoms with Crippen LogP contribution >= 0.6 is 0 Å². The van der Waals surface area contributed by atoms with Crippen LogP contribution in [-0.4, -0.2) is 25.9 Å². The molecule has 2 amide bonds. The van der Waals surface area contributed by atoms with E-state index in [1.54, 1.807) is 0 Å². The third-order valence-corrected chi connectivity index (χ3v) is 5.78. The molecular formula is C24H31N3O2. The van der Waals surface area contributed by atoms with Gasteiger partial charge in [0.15, 0.2) is 0 Å². The monoisotopic (exact) mass is 393 g/mol. The molecular weight excluding hydrogens is 362 g/mol. The van der Waals surface area contributed by atoms with E-state index in [1.807, 2.05) is 80.5 Å². The van der Waals surface area contributed by atoms with E-state index in [1.165, 1.54) is 0 Å². The highest BCUT2D eigenvalue weighted by molar-refractivity contribution is 5.93. The molecule has 0 heterocycles. The van der Waals surface area contributed by atoms with E-state index in [0.29, 0.717) is 0 Å². The lowest BCUT2D eigenvalue weighted by molar-refractivity contribution is -0.129. The average molecular weight is 394 g/mol. The van der Waals surface area contributed by atoms with E-state index in [4.69, 9.17) is 0 Å². The molecule has 1 aliphatic carbocycles. The lowest BCUT2D eigenvalue weighted by atomic mass is 9.81. The summed E-state index contributed by atoms with van der Waals surface area (Å²) in [5.41, 5.74) is 3.02. The van der Waals surface area contributed by atoms with Crippen molar-refractivity contribution in [2.24, 2.45) is 11.8 Å². The SMILES string of the molecule is CC(NC(=O)C1CCC(C(=O)Nc2ccc(N(C)C)cc2)CC1)c1ccccc1. The number of hydrogen-bond donors (Lipinski definition) is 2. The van der Waals surface area contributed by atoms with E-state index in [-0.39, 0.29) is 29.7 Å². The zero-order valence-electron chi connectivity index (χ0n) is 17.5. The smallest absolute Gasteiger partial charge is 0.227 e. The number of anilines is 2. The minimum absolute atomic E-state index is 0.00476. The van der Waals surface area contributed by atoms with Gasteiger partial charge in [-0.15, -0.1) is 0 Å². The molecule has 0 bridgehead atoms. The fraction of sp³-hybridized carbons (Fsp3) is 0.417. The maximum Gasteiger partial charge on any atom is 0.227 e. The van der Waals surface area contributed by atoms with E-state index in [9.17, 15) is 9.59 Å². The normalized spacial score (nSPS) is 19.8. The van der Waals surface area contributed by atoms with Gasteiger partial charge in [-0.05, 0) is 62.4 Å². The van der Waals surface area contributed by atoms with Gasteiger partial charge in [0.05, 0.1) is 6.04 Å². The van der Waals surface area contributed by atoms with E-state index >= 15 is 0 Å². The van der Waals surface area contributed by atoms with Gasteiger partial charge < -0.3 is 15.5 Å². The molecule has 1 fully saturated rings.